The van der Waals surface area contributed by atoms with Crippen LogP contribution in [-0.4, -0.2) is 40.9 Å². The molecule has 3 aromatic rings. The van der Waals surface area contributed by atoms with E-state index in [-0.39, 0.29) is 5.92 Å². The van der Waals surface area contributed by atoms with Crippen molar-refractivity contribution in [3.05, 3.63) is 65.1 Å². The van der Waals surface area contributed by atoms with Crippen molar-refractivity contribution in [1.82, 2.24) is 9.38 Å². The quantitative estimate of drug-likeness (QED) is 0.630. The molecule has 1 aliphatic carbocycles. The van der Waals surface area contributed by atoms with E-state index in [0.717, 1.165) is 41.0 Å². The Kier molecular flexibility index (Phi) is 4.81. The number of nitrogens with zero attached hydrogens (tertiary/aromatic N) is 2. The van der Waals surface area contributed by atoms with Crippen LogP contribution in [0.3, 0.4) is 0 Å². The Morgan fingerprint density at radius 3 is 2.63 bits per heavy atom. The number of ether oxygens (including phenoxy) is 3. The number of imidazole rings is 1. The third kappa shape index (κ3) is 2.86. The number of benzene rings is 1. The van der Waals surface area contributed by atoms with E-state index in [1.54, 1.807) is 7.11 Å². The van der Waals surface area contributed by atoms with Gasteiger partial charge < -0.3 is 23.7 Å². The number of aromatic nitrogens is 2. The summed E-state index contributed by atoms with van der Waals surface area (Å²) in [4.78, 5) is 4.80. The third-order valence-electron chi connectivity index (χ3n) is 6.56. The van der Waals surface area contributed by atoms with Crippen molar-refractivity contribution >= 4 is 5.65 Å². The second-order valence-corrected chi connectivity index (χ2v) is 8.34. The summed E-state index contributed by atoms with van der Waals surface area (Å²) in [5.74, 6) is 0.940. The standard InChI is InChI=1S/C24H28N2O4/c1-15-16(2)26-12-11-19-21(23(26)25-15)30-20(17-7-5-4-6-8-17)22(27)24(19,18-9-10-18)29-14-13-28-3/h4-8,11-12,18,20,22,27H,9-10,13-14H2,1-3H3/t20-,22?,24?/m1/s1. The van der Waals surface area contributed by atoms with Crippen molar-refractivity contribution in [2.75, 3.05) is 20.3 Å². The molecule has 0 spiro atoms. The topological polar surface area (TPSA) is 65.2 Å². The highest BCUT2D eigenvalue weighted by Gasteiger charge is 2.59. The number of aliphatic hydroxyl groups excluding tert-OH is 1. The van der Waals surface area contributed by atoms with Crippen LogP contribution in [0, 0.1) is 19.8 Å². The third-order valence-corrected chi connectivity index (χ3v) is 6.56. The Bertz CT molecular complexity index is 1060. The largest absolute Gasteiger partial charge is 0.479 e. The highest BCUT2D eigenvalue weighted by atomic mass is 16.6. The lowest BCUT2D eigenvalue weighted by atomic mass is 9.77. The van der Waals surface area contributed by atoms with E-state index >= 15 is 0 Å². The van der Waals surface area contributed by atoms with Crippen LogP contribution < -0.4 is 4.74 Å². The first-order chi connectivity index (χ1) is 14.6. The zero-order valence-corrected chi connectivity index (χ0v) is 17.7. The molecular weight excluding hydrogens is 380 g/mol. The fourth-order valence-corrected chi connectivity index (χ4v) is 4.76. The molecule has 1 aromatic carbocycles. The van der Waals surface area contributed by atoms with Gasteiger partial charge in [0.15, 0.2) is 17.5 Å². The molecule has 0 bridgehead atoms. The summed E-state index contributed by atoms with van der Waals surface area (Å²) in [6, 6.07) is 11.9. The van der Waals surface area contributed by atoms with Crippen LogP contribution in [0.15, 0.2) is 42.6 Å². The summed E-state index contributed by atoms with van der Waals surface area (Å²) in [6.45, 7) is 4.93. The molecule has 5 rings (SSSR count). The van der Waals surface area contributed by atoms with Gasteiger partial charge in [-0.15, -0.1) is 0 Å². The minimum absolute atomic E-state index is 0.234. The van der Waals surface area contributed by atoms with Crippen molar-refractivity contribution in [2.24, 2.45) is 5.92 Å². The Balaban J connectivity index is 1.73. The molecule has 6 nitrogen and oxygen atoms in total. The average Bonchev–Trinajstić information content (AvgIpc) is 3.57. The second-order valence-electron chi connectivity index (χ2n) is 8.34. The van der Waals surface area contributed by atoms with Crippen molar-refractivity contribution in [1.29, 1.82) is 0 Å². The number of methoxy groups -OCH3 is 1. The predicted molar refractivity (Wildman–Crippen MR) is 113 cm³/mol. The Morgan fingerprint density at radius 2 is 1.93 bits per heavy atom. The Morgan fingerprint density at radius 1 is 1.17 bits per heavy atom. The van der Waals surface area contributed by atoms with E-state index in [1.165, 1.54) is 0 Å². The summed E-state index contributed by atoms with van der Waals surface area (Å²) in [7, 11) is 1.66. The van der Waals surface area contributed by atoms with E-state index < -0.39 is 17.8 Å². The fourth-order valence-electron chi connectivity index (χ4n) is 4.76. The van der Waals surface area contributed by atoms with Gasteiger partial charge in [-0.3, -0.25) is 0 Å². The van der Waals surface area contributed by atoms with E-state index in [4.69, 9.17) is 19.2 Å². The maximum absolute atomic E-state index is 11.7. The molecule has 6 heteroatoms. The van der Waals surface area contributed by atoms with Gasteiger partial charge in [0.05, 0.1) is 18.9 Å². The second kappa shape index (κ2) is 7.38. The molecule has 1 fully saturated rings. The van der Waals surface area contributed by atoms with Crippen LogP contribution in [0.5, 0.6) is 5.75 Å². The summed E-state index contributed by atoms with van der Waals surface area (Å²) < 4.78 is 20.3. The predicted octanol–water partition coefficient (Wildman–Crippen LogP) is 3.71. The Hall–Kier alpha value is -2.41. The van der Waals surface area contributed by atoms with E-state index in [2.05, 4.69) is 11.3 Å². The summed E-state index contributed by atoms with van der Waals surface area (Å²) in [5.41, 5.74) is 3.79. The summed E-state index contributed by atoms with van der Waals surface area (Å²) >= 11 is 0. The normalized spacial score (nSPS) is 25.9. The number of hydrogen-bond acceptors (Lipinski definition) is 5. The van der Waals surface area contributed by atoms with E-state index in [0.29, 0.717) is 19.0 Å². The monoisotopic (exact) mass is 408 g/mol. The van der Waals surface area contributed by atoms with Gasteiger partial charge in [-0.2, -0.15) is 0 Å². The molecule has 30 heavy (non-hydrogen) atoms. The van der Waals surface area contributed by atoms with Gasteiger partial charge in [0, 0.05) is 24.6 Å². The zero-order valence-electron chi connectivity index (χ0n) is 17.7. The maximum Gasteiger partial charge on any atom is 0.180 e. The molecule has 3 heterocycles. The number of rotatable bonds is 6. The number of aryl methyl sites for hydroxylation is 2. The van der Waals surface area contributed by atoms with Crippen molar-refractivity contribution in [3.8, 4) is 5.75 Å². The zero-order chi connectivity index (χ0) is 20.9. The molecule has 3 atom stereocenters. The van der Waals surface area contributed by atoms with Gasteiger partial charge in [-0.1, -0.05) is 30.3 Å². The molecule has 0 amide bonds. The first kappa shape index (κ1) is 19.5. The lowest BCUT2D eigenvalue weighted by Crippen LogP contribution is -2.52. The molecule has 2 aromatic heterocycles. The van der Waals surface area contributed by atoms with Crippen molar-refractivity contribution in [3.63, 3.8) is 0 Å². The van der Waals surface area contributed by atoms with Crippen LogP contribution in [0.1, 0.15) is 41.5 Å². The first-order valence-corrected chi connectivity index (χ1v) is 10.6. The maximum atomic E-state index is 11.7. The molecule has 2 aliphatic rings. The lowest BCUT2D eigenvalue weighted by Gasteiger charge is -2.46. The minimum Gasteiger partial charge on any atom is -0.479 e. The van der Waals surface area contributed by atoms with Gasteiger partial charge >= 0.3 is 0 Å². The number of fused-ring (bicyclic) bond motifs is 3. The molecule has 158 valence electrons. The minimum atomic E-state index is -0.845. The van der Waals surface area contributed by atoms with Gasteiger partial charge in [-0.25, -0.2) is 4.98 Å². The molecule has 1 aliphatic heterocycles. The number of aliphatic hydroxyl groups is 1. The van der Waals surface area contributed by atoms with E-state index in [1.807, 2.05) is 49.5 Å². The molecule has 2 unspecified atom stereocenters. The van der Waals surface area contributed by atoms with Gasteiger partial charge in [0.25, 0.3) is 0 Å². The van der Waals surface area contributed by atoms with Crippen LogP contribution in [0.4, 0.5) is 0 Å². The smallest absolute Gasteiger partial charge is 0.180 e. The first-order valence-electron chi connectivity index (χ1n) is 10.6. The van der Waals surface area contributed by atoms with Crippen molar-refractivity contribution < 1.29 is 19.3 Å². The number of hydrogen-bond donors (Lipinski definition) is 1. The van der Waals surface area contributed by atoms with Gasteiger partial charge in [-0.05, 0) is 44.2 Å². The molecule has 0 saturated heterocycles. The average molecular weight is 408 g/mol. The highest BCUT2D eigenvalue weighted by molar-refractivity contribution is 5.63. The van der Waals surface area contributed by atoms with E-state index in [9.17, 15) is 5.11 Å². The van der Waals surface area contributed by atoms with Crippen LogP contribution in [0.2, 0.25) is 0 Å². The van der Waals surface area contributed by atoms with Crippen LogP contribution in [-0.2, 0) is 15.1 Å². The molecule has 1 N–H and O–H groups in total. The fraction of sp³-hybridized carbons (Fsp3) is 0.458. The lowest BCUT2D eigenvalue weighted by molar-refractivity contribution is -0.192. The summed E-state index contributed by atoms with van der Waals surface area (Å²) in [6.07, 6.45) is 2.67. The van der Waals surface area contributed by atoms with Crippen LogP contribution in [0.25, 0.3) is 5.65 Å². The Labute approximate surface area is 176 Å². The highest BCUT2D eigenvalue weighted by Crippen LogP contribution is 2.58. The molecule has 0 radical (unpaired) electrons. The van der Waals surface area contributed by atoms with Gasteiger partial charge in [0.2, 0.25) is 0 Å². The number of pyridine rings is 1. The molecular formula is C24H28N2O4. The van der Waals surface area contributed by atoms with Crippen molar-refractivity contribution in [2.45, 2.75) is 44.5 Å². The van der Waals surface area contributed by atoms with Crippen LogP contribution >= 0.6 is 0 Å². The molecule has 1 saturated carbocycles. The SMILES string of the molecule is COCCOC1(C2CC2)c2ccn3c(C)c(C)nc3c2O[C@H](c2ccccc2)C1O. The van der Waals surface area contributed by atoms with Gasteiger partial charge in [0.1, 0.15) is 11.7 Å². The summed E-state index contributed by atoms with van der Waals surface area (Å²) in [5, 5.41) is 11.7.